The summed E-state index contributed by atoms with van der Waals surface area (Å²) in [4.78, 5) is 0. The largest absolute Gasteiger partial charge is 0.386 e. The van der Waals surface area contributed by atoms with E-state index < -0.39 is 12.2 Å². The molecule has 1 aliphatic rings. The van der Waals surface area contributed by atoms with Crippen molar-refractivity contribution in [1.82, 2.24) is 0 Å². The van der Waals surface area contributed by atoms with E-state index in [9.17, 15) is 10.2 Å². The normalized spacial score (nSPS) is 25.0. The molecule has 0 radical (unpaired) electrons. The molecule has 1 aliphatic carbocycles. The van der Waals surface area contributed by atoms with E-state index in [1.165, 1.54) is 6.08 Å². The van der Waals surface area contributed by atoms with E-state index in [1.807, 2.05) is 0 Å². The summed E-state index contributed by atoms with van der Waals surface area (Å²) in [5.41, 5.74) is 1.10. The van der Waals surface area contributed by atoms with Crippen LogP contribution in [0.3, 0.4) is 0 Å². The third-order valence-electron chi connectivity index (χ3n) is 2.48. The highest BCUT2D eigenvalue weighted by Gasteiger charge is 2.26. The molecule has 1 aromatic carbocycles. The molecule has 2 unspecified atom stereocenters. The van der Waals surface area contributed by atoms with Gasteiger partial charge in [0.05, 0.1) is 0 Å². The Morgan fingerprint density at radius 1 is 1.06 bits per heavy atom. The first kappa shape index (κ1) is 11.7. The lowest BCUT2D eigenvalue weighted by molar-refractivity contribution is 0.0857. The van der Waals surface area contributed by atoms with Crippen LogP contribution in [0.2, 0.25) is 5.02 Å². The first-order valence-corrected chi connectivity index (χ1v) is 5.55. The summed E-state index contributed by atoms with van der Waals surface area (Å²) >= 11 is 12.0. The number of aliphatic hydroxyl groups is 2. The minimum absolute atomic E-state index is 0.394. The first-order valence-electron chi connectivity index (χ1n) is 4.80. The lowest BCUT2D eigenvalue weighted by Gasteiger charge is -2.23. The minimum Gasteiger partial charge on any atom is -0.386 e. The van der Waals surface area contributed by atoms with Gasteiger partial charge >= 0.3 is 0 Å². The second-order valence-corrected chi connectivity index (χ2v) is 4.35. The van der Waals surface area contributed by atoms with Crippen LogP contribution in [-0.4, -0.2) is 22.4 Å². The highest BCUT2D eigenvalue weighted by atomic mass is 35.5. The minimum atomic E-state index is -1.04. The van der Waals surface area contributed by atoms with E-state index in [-0.39, 0.29) is 0 Å². The van der Waals surface area contributed by atoms with E-state index in [4.69, 9.17) is 23.2 Å². The number of aliphatic hydroxyl groups excluding tert-OH is 2. The molecule has 0 saturated heterocycles. The van der Waals surface area contributed by atoms with E-state index >= 15 is 0 Å². The highest BCUT2D eigenvalue weighted by Crippen LogP contribution is 2.34. The zero-order valence-electron chi connectivity index (χ0n) is 8.27. The lowest BCUT2D eigenvalue weighted by atomic mass is 9.93. The van der Waals surface area contributed by atoms with Crippen molar-refractivity contribution >= 4 is 28.8 Å². The number of hydrogen-bond donors (Lipinski definition) is 2. The van der Waals surface area contributed by atoms with Crippen LogP contribution in [0.4, 0.5) is 0 Å². The van der Waals surface area contributed by atoms with Crippen LogP contribution in [0.1, 0.15) is 5.56 Å². The molecular weight excluding hydrogens is 247 g/mol. The van der Waals surface area contributed by atoms with Gasteiger partial charge in [-0.25, -0.2) is 0 Å². The summed E-state index contributed by atoms with van der Waals surface area (Å²) < 4.78 is 0. The van der Waals surface area contributed by atoms with Crippen molar-refractivity contribution in [2.75, 3.05) is 0 Å². The molecule has 0 aromatic heterocycles. The van der Waals surface area contributed by atoms with Crippen molar-refractivity contribution in [2.45, 2.75) is 12.2 Å². The number of benzene rings is 1. The van der Waals surface area contributed by atoms with Gasteiger partial charge in [-0.15, -0.1) is 0 Å². The predicted octanol–water partition coefficient (Wildman–Crippen LogP) is 2.58. The van der Waals surface area contributed by atoms with Crippen molar-refractivity contribution in [3.8, 4) is 0 Å². The third kappa shape index (κ3) is 2.02. The molecule has 2 atom stereocenters. The van der Waals surface area contributed by atoms with E-state index in [1.54, 1.807) is 30.3 Å². The number of halogens is 2. The molecule has 1 aromatic rings. The summed E-state index contributed by atoms with van der Waals surface area (Å²) in [5, 5.41) is 20.3. The van der Waals surface area contributed by atoms with Gasteiger partial charge in [-0.2, -0.15) is 0 Å². The van der Waals surface area contributed by atoms with Crippen LogP contribution in [0, 0.1) is 0 Å². The fourth-order valence-corrected chi connectivity index (χ4v) is 2.18. The van der Waals surface area contributed by atoms with Gasteiger partial charge in [-0.05, 0) is 12.1 Å². The van der Waals surface area contributed by atoms with Gasteiger partial charge in [0.25, 0.3) is 0 Å². The molecule has 0 saturated carbocycles. The number of rotatable bonds is 1. The molecule has 2 N–H and O–H groups in total. The van der Waals surface area contributed by atoms with Crippen LogP contribution in [0.5, 0.6) is 0 Å². The standard InChI is InChI=1S/C12H10Cl2O2/c13-8-4-2-1-3-7(8)11-9(14)5-6-10(15)12(11)16/h1-6,10,12,15-16H. The molecule has 0 aliphatic heterocycles. The summed E-state index contributed by atoms with van der Waals surface area (Å²) in [5.74, 6) is 0. The molecule has 4 heteroatoms. The van der Waals surface area contributed by atoms with Crippen molar-refractivity contribution in [3.63, 3.8) is 0 Å². The van der Waals surface area contributed by atoms with Crippen molar-refractivity contribution in [1.29, 1.82) is 0 Å². The van der Waals surface area contributed by atoms with Gasteiger partial charge in [-0.3, -0.25) is 0 Å². The molecule has 2 rings (SSSR count). The fourth-order valence-electron chi connectivity index (χ4n) is 1.66. The Kier molecular flexibility index (Phi) is 3.36. The van der Waals surface area contributed by atoms with Gasteiger partial charge < -0.3 is 10.2 Å². The van der Waals surface area contributed by atoms with Gasteiger partial charge in [0, 0.05) is 21.2 Å². The summed E-state index contributed by atoms with van der Waals surface area (Å²) in [6, 6.07) is 7.07. The van der Waals surface area contributed by atoms with Gasteiger partial charge in [-0.1, -0.05) is 47.5 Å². The van der Waals surface area contributed by atoms with Crippen LogP contribution in [0.15, 0.2) is 41.4 Å². The molecule has 84 valence electrons. The molecule has 16 heavy (non-hydrogen) atoms. The molecule has 0 fully saturated rings. The van der Waals surface area contributed by atoms with Crippen molar-refractivity contribution in [2.24, 2.45) is 0 Å². The topological polar surface area (TPSA) is 40.5 Å². The van der Waals surface area contributed by atoms with E-state index in [0.29, 0.717) is 21.2 Å². The van der Waals surface area contributed by atoms with Crippen molar-refractivity contribution < 1.29 is 10.2 Å². The zero-order chi connectivity index (χ0) is 11.7. The monoisotopic (exact) mass is 256 g/mol. The Hall–Kier alpha value is -0.800. The summed E-state index contributed by atoms with van der Waals surface area (Å²) in [7, 11) is 0. The summed E-state index contributed by atoms with van der Waals surface area (Å²) in [6.07, 6.45) is 1.02. The Labute approximate surface area is 103 Å². The number of allylic oxidation sites excluding steroid dienone is 2. The van der Waals surface area contributed by atoms with E-state index in [0.717, 1.165) is 0 Å². The SMILES string of the molecule is OC1C=CC(Cl)=C(c2ccccc2Cl)C1O. The maximum atomic E-state index is 9.88. The summed E-state index contributed by atoms with van der Waals surface area (Å²) in [6.45, 7) is 0. The molecular formula is C12H10Cl2O2. The maximum Gasteiger partial charge on any atom is 0.111 e. The Morgan fingerprint density at radius 2 is 1.75 bits per heavy atom. The smallest absolute Gasteiger partial charge is 0.111 e. The molecule has 0 heterocycles. The first-order chi connectivity index (χ1) is 7.61. The average Bonchev–Trinajstić information content (AvgIpc) is 2.27. The zero-order valence-corrected chi connectivity index (χ0v) is 9.78. The Bertz CT molecular complexity index is 466. The fraction of sp³-hybridized carbons (Fsp3) is 0.167. The lowest BCUT2D eigenvalue weighted by Crippen LogP contribution is -2.28. The van der Waals surface area contributed by atoms with Crippen LogP contribution in [-0.2, 0) is 0 Å². The molecule has 2 nitrogen and oxygen atoms in total. The highest BCUT2D eigenvalue weighted by molar-refractivity contribution is 6.36. The van der Waals surface area contributed by atoms with E-state index in [2.05, 4.69) is 0 Å². The second-order valence-electron chi connectivity index (χ2n) is 3.54. The quantitative estimate of drug-likeness (QED) is 0.811. The Balaban J connectivity index is 2.54. The van der Waals surface area contributed by atoms with Gasteiger partial charge in [0.1, 0.15) is 12.2 Å². The van der Waals surface area contributed by atoms with Gasteiger partial charge in [0.2, 0.25) is 0 Å². The maximum absolute atomic E-state index is 9.88. The van der Waals surface area contributed by atoms with Crippen LogP contribution in [0.25, 0.3) is 5.57 Å². The molecule has 0 bridgehead atoms. The number of hydrogen-bond acceptors (Lipinski definition) is 2. The average molecular weight is 257 g/mol. The van der Waals surface area contributed by atoms with Crippen molar-refractivity contribution in [3.05, 3.63) is 52.0 Å². The molecule has 0 spiro atoms. The second kappa shape index (κ2) is 4.60. The van der Waals surface area contributed by atoms with Crippen LogP contribution < -0.4 is 0 Å². The Morgan fingerprint density at radius 3 is 2.44 bits per heavy atom. The van der Waals surface area contributed by atoms with Crippen LogP contribution >= 0.6 is 23.2 Å². The predicted molar refractivity (Wildman–Crippen MR) is 65.4 cm³/mol. The molecule has 0 amide bonds. The third-order valence-corrected chi connectivity index (χ3v) is 3.14. The van der Waals surface area contributed by atoms with Gasteiger partial charge in [0.15, 0.2) is 0 Å².